The monoisotopic (exact) mass is 468 g/mol. The number of nitrogen functional groups attached to an aromatic ring is 1. The number of carbonyl (C=O) groups is 1. The van der Waals surface area contributed by atoms with Crippen molar-refractivity contribution in [3.05, 3.63) is 88.1 Å². The molecule has 174 valence electrons. The van der Waals surface area contributed by atoms with E-state index < -0.39 is 6.10 Å². The summed E-state index contributed by atoms with van der Waals surface area (Å²) in [6.07, 6.45) is 1.51. The van der Waals surface area contributed by atoms with E-state index in [1.54, 1.807) is 36.5 Å². The van der Waals surface area contributed by atoms with Gasteiger partial charge in [-0.15, -0.1) is 0 Å². The zero-order valence-corrected chi connectivity index (χ0v) is 19.4. The zero-order chi connectivity index (χ0) is 24.0. The second-order valence-corrected chi connectivity index (χ2v) is 9.07. The molecule has 0 radical (unpaired) electrons. The molecule has 1 amide bonds. The fraction of sp³-hybridized carbons (Fsp3) is 0.280. The van der Waals surface area contributed by atoms with Crippen molar-refractivity contribution in [1.29, 1.82) is 0 Å². The largest absolute Gasteiger partial charge is 0.508 e. The molecule has 6 N–H and O–H groups in total. The Morgan fingerprint density at radius 1 is 1.18 bits per heavy atom. The first kappa shape index (κ1) is 24.5. The van der Waals surface area contributed by atoms with E-state index >= 15 is 0 Å². The van der Waals surface area contributed by atoms with Crippen LogP contribution >= 0.6 is 11.6 Å². The van der Waals surface area contributed by atoms with E-state index in [0.717, 1.165) is 5.56 Å². The number of anilines is 1. The number of hydrogen-bond acceptors (Lipinski definition) is 6. The maximum absolute atomic E-state index is 12.6. The molecule has 0 fully saturated rings. The van der Waals surface area contributed by atoms with Gasteiger partial charge in [0, 0.05) is 46.5 Å². The van der Waals surface area contributed by atoms with E-state index in [1.807, 2.05) is 32.0 Å². The van der Waals surface area contributed by atoms with Gasteiger partial charge in [0.2, 0.25) is 0 Å². The summed E-state index contributed by atoms with van der Waals surface area (Å²) in [4.78, 5) is 16.7. The highest BCUT2D eigenvalue weighted by atomic mass is 35.5. The molecule has 2 aromatic carbocycles. The molecule has 33 heavy (non-hydrogen) atoms. The van der Waals surface area contributed by atoms with Crippen LogP contribution in [-0.2, 0) is 13.0 Å². The van der Waals surface area contributed by atoms with Gasteiger partial charge in [-0.05, 0) is 62.2 Å². The Bertz CT molecular complexity index is 1100. The zero-order valence-electron chi connectivity index (χ0n) is 18.7. The average molecular weight is 469 g/mol. The first-order chi connectivity index (χ1) is 15.6. The highest BCUT2D eigenvalue weighted by Crippen LogP contribution is 2.22. The molecule has 8 heteroatoms. The van der Waals surface area contributed by atoms with Crippen LogP contribution in [0.2, 0.25) is 5.02 Å². The first-order valence-corrected chi connectivity index (χ1v) is 11.0. The minimum Gasteiger partial charge on any atom is -0.508 e. The number of aliphatic hydroxyl groups is 1. The number of benzene rings is 2. The third-order valence-electron chi connectivity index (χ3n) is 5.28. The molecule has 0 aliphatic rings. The molecular formula is C25H29ClN4O3. The molecule has 3 aromatic rings. The summed E-state index contributed by atoms with van der Waals surface area (Å²) in [7, 11) is 0. The third-order valence-corrected chi connectivity index (χ3v) is 5.52. The Hall–Kier alpha value is -3.13. The number of halogens is 1. The van der Waals surface area contributed by atoms with E-state index in [-0.39, 0.29) is 23.7 Å². The summed E-state index contributed by atoms with van der Waals surface area (Å²) >= 11 is 5.96. The minimum absolute atomic E-state index is 0.0817. The molecule has 0 aliphatic carbocycles. The average Bonchev–Trinajstić information content (AvgIpc) is 2.78. The number of nitrogens with two attached hydrogens (primary N) is 1. The number of aromatic hydroxyl groups is 1. The van der Waals surface area contributed by atoms with Gasteiger partial charge in [0.15, 0.2) is 0 Å². The molecule has 3 rings (SSSR count). The van der Waals surface area contributed by atoms with Crippen molar-refractivity contribution in [2.75, 3.05) is 12.3 Å². The summed E-state index contributed by atoms with van der Waals surface area (Å²) in [5.41, 5.74) is 8.01. The van der Waals surface area contributed by atoms with Gasteiger partial charge >= 0.3 is 0 Å². The van der Waals surface area contributed by atoms with Crippen molar-refractivity contribution in [2.24, 2.45) is 0 Å². The lowest BCUT2D eigenvalue weighted by molar-refractivity contribution is 0.0950. The van der Waals surface area contributed by atoms with Crippen LogP contribution in [0.3, 0.4) is 0 Å². The number of nitrogens with one attached hydrogen (secondary N) is 2. The Kier molecular flexibility index (Phi) is 7.92. The number of β-amino-alcohol motifs (C(OH)–C–C–N with tert-alkyl or cyclic N) is 1. The van der Waals surface area contributed by atoms with Gasteiger partial charge in [-0.2, -0.15) is 0 Å². The van der Waals surface area contributed by atoms with E-state index in [2.05, 4.69) is 15.6 Å². The van der Waals surface area contributed by atoms with Crippen LogP contribution in [0.1, 0.15) is 47.0 Å². The molecule has 0 bridgehead atoms. The Balaban J connectivity index is 1.58. The molecular weight excluding hydrogens is 440 g/mol. The van der Waals surface area contributed by atoms with E-state index in [4.69, 9.17) is 17.3 Å². The van der Waals surface area contributed by atoms with Crippen molar-refractivity contribution in [3.63, 3.8) is 0 Å². The highest BCUT2D eigenvalue weighted by Gasteiger charge is 2.20. The summed E-state index contributed by atoms with van der Waals surface area (Å²) in [5.74, 6) is 0.249. The Morgan fingerprint density at radius 3 is 2.70 bits per heavy atom. The van der Waals surface area contributed by atoms with Crippen LogP contribution in [0.5, 0.6) is 5.75 Å². The van der Waals surface area contributed by atoms with Crippen molar-refractivity contribution in [2.45, 2.75) is 38.5 Å². The molecule has 0 aliphatic heterocycles. The Labute approximate surface area is 198 Å². The van der Waals surface area contributed by atoms with Gasteiger partial charge in [0.05, 0.1) is 6.10 Å². The topological polar surface area (TPSA) is 120 Å². The highest BCUT2D eigenvalue weighted by molar-refractivity contribution is 6.30. The normalized spacial score (nSPS) is 12.4. The standard InChI is InChI=1S/C25H29ClN4O3/c1-25(2,30-15-22(32)18-6-9-23(27)28-13-18)12-16-4-3-5-17(10-16)24(33)29-14-19-11-20(26)7-8-21(19)31/h3-11,13,22,30-32H,12,14-15H2,1-2H3,(H2,27,28)(H,29,33)/t22-/m0/s1. The Morgan fingerprint density at radius 2 is 1.97 bits per heavy atom. The van der Waals surface area contributed by atoms with E-state index in [1.165, 1.54) is 6.07 Å². The lowest BCUT2D eigenvalue weighted by Crippen LogP contribution is -2.43. The van der Waals surface area contributed by atoms with Crippen molar-refractivity contribution < 1.29 is 15.0 Å². The lowest BCUT2D eigenvalue weighted by Gasteiger charge is -2.28. The van der Waals surface area contributed by atoms with Crippen LogP contribution in [0.15, 0.2) is 60.8 Å². The SMILES string of the molecule is CC(C)(Cc1cccc(C(=O)NCc2cc(Cl)ccc2O)c1)NC[C@H](O)c1ccc(N)nc1. The summed E-state index contributed by atoms with van der Waals surface area (Å²) in [5, 5.41) is 27.0. The second kappa shape index (κ2) is 10.7. The van der Waals surface area contributed by atoms with Gasteiger partial charge in [0.1, 0.15) is 11.6 Å². The van der Waals surface area contributed by atoms with Crippen molar-refractivity contribution in [1.82, 2.24) is 15.6 Å². The number of nitrogens with zero attached hydrogens (tertiary/aromatic N) is 1. The molecule has 1 heterocycles. The van der Waals surface area contributed by atoms with Crippen LogP contribution in [0, 0.1) is 0 Å². The lowest BCUT2D eigenvalue weighted by atomic mass is 9.93. The fourth-order valence-corrected chi connectivity index (χ4v) is 3.67. The number of hydrogen-bond donors (Lipinski definition) is 5. The number of carbonyl (C=O) groups excluding carboxylic acids is 1. The first-order valence-electron chi connectivity index (χ1n) is 10.6. The second-order valence-electron chi connectivity index (χ2n) is 8.63. The quantitative estimate of drug-likeness (QED) is 0.327. The summed E-state index contributed by atoms with van der Waals surface area (Å²) in [6, 6.07) is 15.5. The smallest absolute Gasteiger partial charge is 0.251 e. The maximum atomic E-state index is 12.6. The molecule has 1 atom stereocenters. The molecule has 1 aromatic heterocycles. The minimum atomic E-state index is -0.711. The molecule has 0 saturated carbocycles. The van der Waals surface area contributed by atoms with Crippen LogP contribution < -0.4 is 16.4 Å². The van der Waals surface area contributed by atoms with Gasteiger partial charge in [-0.25, -0.2) is 4.98 Å². The van der Waals surface area contributed by atoms with Crippen molar-refractivity contribution >= 4 is 23.3 Å². The number of aliphatic hydroxyl groups excluding tert-OH is 1. The van der Waals surface area contributed by atoms with Crippen LogP contribution in [0.4, 0.5) is 5.82 Å². The van der Waals surface area contributed by atoms with Crippen LogP contribution in [0.25, 0.3) is 0 Å². The van der Waals surface area contributed by atoms with Gasteiger partial charge in [-0.1, -0.05) is 29.8 Å². The number of phenols is 1. The van der Waals surface area contributed by atoms with E-state index in [9.17, 15) is 15.0 Å². The number of pyridine rings is 1. The number of aromatic nitrogens is 1. The van der Waals surface area contributed by atoms with Gasteiger partial charge in [-0.3, -0.25) is 4.79 Å². The number of amides is 1. The van der Waals surface area contributed by atoms with Gasteiger partial charge in [0.25, 0.3) is 5.91 Å². The van der Waals surface area contributed by atoms with E-state index in [0.29, 0.717) is 40.5 Å². The predicted octanol–water partition coefficient (Wildman–Crippen LogP) is 3.60. The molecule has 0 saturated heterocycles. The molecule has 0 unspecified atom stereocenters. The predicted molar refractivity (Wildman–Crippen MR) is 130 cm³/mol. The third kappa shape index (κ3) is 7.18. The molecule has 0 spiro atoms. The fourth-order valence-electron chi connectivity index (χ4n) is 3.47. The van der Waals surface area contributed by atoms with Gasteiger partial charge < -0.3 is 26.6 Å². The molecule has 7 nitrogen and oxygen atoms in total. The number of phenolic OH excluding ortho intramolecular Hbond substituents is 1. The van der Waals surface area contributed by atoms with Crippen LogP contribution in [-0.4, -0.2) is 33.2 Å². The summed E-state index contributed by atoms with van der Waals surface area (Å²) in [6.45, 7) is 4.59. The maximum Gasteiger partial charge on any atom is 0.251 e. The number of rotatable bonds is 9. The summed E-state index contributed by atoms with van der Waals surface area (Å²) < 4.78 is 0. The van der Waals surface area contributed by atoms with Crippen molar-refractivity contribution in [3.8, 4) is 5.75 Å².